The third-order valence-corrected chi connectivity index (χ3v) is 2.25. The smallest absolute Gasteiger partial charge is 0.000610 e. The molecule has 0 unspecified atom stereocenters. The minimum Gasteiger partial charge on any atom is -0.0847 e. The van der Waals surface area contributed by atoms with Gasteiger partial charge in [0.15, 0.2) is 0 Å². The van der Waals surface area contributed by atoms with E-state index >= 15 is 0 Å². The van der Waals surface area contributed by atoms with Crippen LogP contribution in [0.15, 0.2) is 11.6 Å². The van der Waals surface area contributed by atoms with E-state index in [1.807, 2.05) is 0 Å². The van der Waals surface area contributed by atoms with Crippen LogP contribution in [0, 0.1) is 5.92 Å². The summed E-state index contributed by atoms with van der Waals surface area (Å²) in [6.45, 7) is 0. The van der Waals surface area contributed by atoms with Crippen molar-refractivity contribution < 1.29 is 0 Å². The van der Waals surface area contributed by atoms with Crippen LogP contribution in [0.1, 0.15) is 38.5 Å². The quantitative estimate of drug-likeness (QED) is 0.500. The molecule has 0 atom stereocenters. The third-order valence-electron chi connectivity index (χ3n) is 2.25. The lowest BCUT2D eigenvalue weighted by atomic mass is 9.96. The zero-order valence-electron chi connectivity index (χ0n) is 5.82. The highest BCUT2D eigenvalue weighted by molar-refractivity contribution is 5.33. The van der Waals surface area contributed by atoms with Gasteiger partial charge < -0.3 is 0 Å². The first kappa shape index (κ1) is 5.52. The van der Waals surface area contributed by atoms with Crippen molar-refractivity contribution >= 4 is 0 Å². The number of rotatable bonds is 1. The van der Waals surface area contributed by atoms with Crippen LogP contribution in [0.3, 0.4) is 0 Å². The molecule has 0 aromatic carbocycles. The van der Waals surface area contributed by atoms with Gasteiger partial charge in [0, 0.05) is 5.92 Å². The lowest BCUT2D eigenvalue weighted by Gasteiger charge is -2.09. The maximum Gasteiger partial charge on any atom is 0.000610 e. The van der Waals surface area contributed by atoms with Crippen molar-refractivity contribution in [2.24, 2.45) is 0 Å². The van der Waals surface area contributed by atoms with Crippen molar-refractivity contribution in [1.29, 1.82) is 0 Å². The van der Waals surface area contributed by atoms with Crippen LogP contribution in [-0.4, -0.2) is 0 Å². The first-order valence-corrected chi connectivity index (χ1v) is 4.01. The molecule has 0 saturated heterocycles. The van der Waals surface area contributed by atoms with Gasteiger partial charge in [0.25, 0.3) is 0 Å². The molecule has 1 radical (unpaired) electrons. The Morgan fingerprint density at radius 2 is 1.89 bits per heavy atom. The van der Waals surface area contributed by atoms with Crippen LogP contribution in [0.25, 0.3) is 0 Å². The van der Waals surface area contributed by atoms with E-state index in [4.69, 9.17) is 0 Å². The molecule has 0 bridgehead atoms. The van der Waals surface area contributed by atoms with Crippen LogP contribution in [-0.2, 0) is 0 Å². The van der Waals surface area contributed by atoms with Gasteiger partial charge in [-0.15, -0.1) is 0 Å². The van der Waals surface area contributed by atoms with Crippen LogP contribution in [0.5, 0.6) is 0 Å². The highest BCUT2D eigenvalue weighted by Gasteiger charge is 2.26. The van der Waals surface area contributed by atoms with Gasteiger partial charge >= 0.3 is 0 Å². The summed E-state index contributed by atoms with van der Waals surface area (Å²) in [5, 5.41) is 0. The Morgan fingerprint density at radius 1 is 1.00 bits per heavy atom. The SMILES string of the molecule is C1=C([C]2CC2)CCCC1. The molecule has 0 nitrogen and oxygen atoms in total. The molecule has 49 valence electrons. The van der Waals surface area contributed by atoms with Crippen LogP contribution < -0.4 is 0 Å². The molecule has 0 aromatic rings. The first-order chi connectivity index (χ1) is 4.47. The fourth-order valence-corrected chi connectivity index (χ4v) is 1.54. The maximum absolute atomic E-state index is 2.45. The summed E-state index contributed by atoms with van der Waals surface area (Å²) >= 11 is 0. The van der Waals surface area contributed by atoms with Gasteiger partial charge in [0.1, 0.15) is 0 Å². The normalized spacial score (nSPS) is 27.8. The van der Waals surface area contributed by atoms with Crippen LogP contribution in [0.2, 0.25) is 0 Å². The van der Waals surface area contributed by atoms with E-state index < -0.39 is 0 Å². The first-order valence-electron chi connectivity index (χ1n) is 4.01. The molecule has 2 aliphatic rings. The molecular formula is C9H13. The minimum absolute atomic E-state index is 1.35. The summed E-state index contributed by atoms with van der Waals surface area (Å²) in [7, 11) is 0. The van der Waals surface area contributed by atoms with Crippen LogP contribution in [0.4, 0.5) is 0 Å². The predicted octanol–water partition coefficient (Wildman–Crippen LogP) is 2.86. The molecule has 0 aromatic heterocycles. The molecular weight excluding hydrogens is 108 g/mol. The summed E-state index contributed by atoms with van der Waals surface area (Å²) in [4.78, 5) is 0. The summed E-state index contributed by atoms with van der Waals surface area (Å²) in [5.74, 6) is 1.76. The predicted molar refractivity (Wildman–Crippen MR) is 39.0 cm³/mol. The molecule has 1 saturated carbocycles. The molecule has 0 spiro atoms. The summed E-state index contributed by atoms with van der Waals surface area (Å²) < 4.78 is 0. The Bertz CT molecular complexity index is 129. The fraction of sp³-hybridized carbons (Fsp3) is 0.667. The molecule has 1 fully saturated rings. The van der Waals surface area contributed by atoms with Crippen molar-refractivity contribution in [2.75, 3.05) is 0 Å². The zero-order valence-corrected chi connectivity index (χ0v) is 5.82. The Balaban J connectivity index is 1.99. The Hall–Kier alpha value is -0.260. The van der Waals surface area contributed by atoms with E-state index in [1.54, 1.807) is 11.5 Å². The average molecular weight is 121 g/mol. The monoisotopic (exact) mass is 121 g/mol. The van der Waals surface area contributed by atoms with Crippen molar-refractivity contribution in [1.82, 2.24) is 0 Å². The lowest BCUT2D eigenvalue weighted by molar-refractivity contribution is 0.702. The van der Waals surface area contributed by atoms with E-state index in [0.717, 1.165) is 0 Å². The van der Waals surface area contributed by atoms with Crippen LogP contribution >= 0.6 is 0 Å². The van der Waals surface area contributed by atoms with E-state index in [-0.39, 0.29) is 0 Å². The molecule has 0 heteroatoms. The third kappa shape index (κ3) is 1.17. The van der Waals surface area contributed by atoms with Gasteiger partial charge in [-0.05, 0) is 38.5 Å². The number of allylic oxidation sites excluding steroid dienone is 2. The highest BCUT2D eigenvalue weighted by atomic mass is 14.3. The van der Waals surface area contributed by atoms with Gasteiger partial charge in [-0.1, -0.05) is 11.6 Å². The average Bonchev–Trinajstić information content (AvgIpc) is 2.71. The molecule has 0 heterocycles. The number of hydrogen-bond donors (Lipinski definition) is 0. The second-order valence-electron chi connectivity index (χ2n) is 3.08. The van der Waals surface area contributed by atoms with Crippen molar-refractivity contribution in [3.05, 3.63) is 17.6 Å². The molecule has 0 amide bonds. The number of hydrogen-bond acceptors (Lipinski definition) is 0. The second-order valence-corrected chi connectivity index (χ2v) is 3.08. The summed E-state index contributed by atoms with van der Waals surface area (Å²) in [6.07, 6.45) is 10.9. The highest BCUT2D eigenvalue weighted by Crippen LogP contribution is 2.42. The van der Waals surface area contributed by atoms with Crippen molar-refractivity contribution in [3.8, 4) is 0 Å². The maximum atomic E-state index is 2.45. The molecule has 9 heavy (non-hydrogen) atoms. The molecule has 0 aliphatic heterocycles. The van der Waals surface area contributed by atoms with Crippen molar-refractivity contribution in [3.63, 3.8) is 0 Å². The van der Waals surface area contributed by atoms with Gasteiger partial charge in [0.05, 0.1) is 0 Å². The zero-order chi connectivity index (χ0) is 6.10. The van der Waals surface area contributed by atoms with E-state index in [1.165, 1.54) is 38.5 Å². The van der Waals surface area contributed by atoms with Gasteiger partial charge in [-0.3, -0.25) is 0 Å². The van der Waals surface area contributed by atoms with E-state index in [0.29, 0.717) is 0 Å². The lowest BCUT2D eigenvalue weighted by Crippen LogP contribution is -1.91. The molecule has 2 rings (SSSR count). The topological polar surface area (TPSA) is 0 Å². The largest absolute Gasteiger partial charge is 0.0847 e. The fourth-order valence-electron chi connectivity index (χ4n) is 1.54. The minimum atomic E-state index is 1.35. The van der Waals surface area contributed by atoms with Gasteiger partial charge in [-0.25, -0.2) is 0 Å². The van der Waals surface area contributed by atoms with Crippen molar-refractivity contribution in [2.45, 2.75) is 38.5 Å². The Kier molecular flexibility index (Phi) is 1.33. The molecule has 2 aliphatic carbocycles. The Labute approximate surface area is 57.0 Å². The summed E-state index contributed by atoms with van der Waals surface area (Å²) in [5.41, 5.74) is 1.71. The van der Waals surface area contributed by atoms with Gasteiger partial charge in [0.2, 0.25) is 0 Å². The van der Waals surface area contributed by atoms with E-state index in [2.05, 4.69) is 6.08 Å². The van der Waals surface area contributed by atoms with Gasteiger partial charge in [-0.2, -0.15) is 0 Å². The Morgan fingerprint density at radius 3 is 2.44 bits per heavy atom. The summed E-state index contributed by atoms with van der Waals surface area (Å²) in [6, 6.07) is 0. The van der Waals surface area contributed by atoms with E-state index in [9.17, 15) is 0 Å². The standard InChI is InChI=1S/C9H13/c1-2-4-8(5-3-1)9-6-7-9/h4H,1-3,5-7H2. The molecule has 0 N–H and O–H groups in total. The second kappa shape index (κ2) is 2.17.